The van der Waals surface area contributed by atoms with Crippen molar-refractivity contribution in [2.75, 3.05) is 27.0 Å². The van der Waals surface area contributed by atoms with Crippen LogP contribution in [0.25, 0.3) is 0 Å². The summed E-state index contributed by atoms with van der Waals surface area (Å²) in [6, 6.07) is 1.70. The first-order chi connectivity index (χ1) is 12.8. The second kappa shape index (κ2) is 5.52. The largest absolute Gasteiger partial charge is 0.497 e. The van der Waals surface area contributed by atoms with E-state index in [0.29, 0.717) is 25.1 Å². The number of sulfonamides is 1. The fourth-order valence-electron chi connectivity index (χ4n) is 5.33. The molecule has 4 aliphatic rings. The Hall–Kier alpha value is -1.51. The highest BCUT2D eigenvalue weighted by molar-refractivity contribution is 9.10. The molecule has 6 nitrogen and oxygen atoms in total. The molecule has 2 aliphatic heterocycles. The number of benzene rings is 1. The number of ether oxygens (including phenoxy) is 3. The van der Waals surface area contributed by atoms with Gasteiger partial charge in [0.25, 0.3) is 0 Å². The number of allylic oxidation sites excluding steroid dienone is 2. The van der Waals surface area contributed by atoms with Gasteiger partial charge in [0, 0.05) is 16.6 Å². The molecular weight excluding hydrogens is 434 g/mol. The smallest absolute Gasteiger partial charge is 0.211 e. The van der Waals surface area contributed by atoms with Gasteiger partial charge in [-0.3, -0.25) is 0 Å². The van der Waals surface area contributed by atoms with Crippen LogP contribution in [0, 0.1) is 0 Å². The number of nitrogens with zero attached hydrogens (tertiary/aromatic N) is 1. The number of hydrogen-bond acceptors (Lipinski definition) is 5. The van der Waals surface area contributed by atoms with Gasteiger partial charge in [0.1, 0.15) is 5.76 Å². The van der Waals surface area contributed by atoms with Crippen LogP contribution >= 0.6 is 15.9 Å². The van der Waals surface area contributed by atoms with Crippen LogP contribution in [0.4, 0.5) is 0 Å². The zero-order valence-electron chi connectivity index (χ0n) is 15.3. The van der Waals surface area contributed by atoms with Crippen LogP contribution in [0.2, 0.25) is 0 Å². The maximum absolute atomic E-state index is 12.5. The average molecular weight is 454 g/mol. The van der Waals surface area contributed by atoms with E-state index in [1.54, 1.807) is 18.5 Å². The second-order valence-electron chi connectivity index (χ2n) is 7.45. The monoisotopic (exact) mass is 453 g/mol. The summed E-state index contributed by atoms with van der Waals surface area (Å²) in [6.45, 7) is 0.464. The zero-order chi connectivity index (χ0) is 19.1. The molecule has 3 atom stereocenters. The van der Waals surface area contributed by atoms with Crippen molar-refractivity contribution >= 4 is 26.0 Å². The first kappa shape index (κ1) is 17.6. The standard InChI is InChI=1S/C19H20BrNO5S/c1-24-14-5-4-11-13-8-10-12(20)9-15(25-2)17-16(10)19(11,18(14)26-17)6-7-21(13)27(3,22)23/h4-5,9,13,18H,6-8H2,1-3H3. The van der Waals surface area contributed by atoms with Gasteiger partial charge in [0.2, 0.25) is 10.0 Å². The number of piperidine rings is 1. The summed E-state index contributed by atoms with van der Waals surface area (Å²) in [7, 11) is -0.0378. The van der Waals surface area contributed by atoms with Crippen LogP contribution in [0.1, 0.15) is 17.5 Å². The molecule has 0 saturated carbocycles. The van der Waals surface area contributed by atoms with Crippen molar-refractivity contribution in [1.29, 1.82) is 0 Å². The number of halogens is 1. The van der Waals surface area contributed by atoms with E-state index in [0.717, 1.165) is 32.7 Å². The minimum absolute atomic E-state index is 0.211. The highest BCUT2D eigenvalue weighted by atomic mass is 79.9. The lowest BCUT2D eigenvalue weighted by Crippen LogP contribution is -2.60. The molecule has 0 N–H and O–H groups in total. The molecule has 1 aromatic rings. The topological polar surface area (TPSA) is 65.1 Å². The lowest BCUT2D eigenvalue weighted by molar-refractivity contribution is 0.0864. The summed E-state index contributed by atoms with van der Waals surface area (Å²) in [4.78, 5) is 0. The number of rotatable bonds is 3. The summed E-state index contributed by atoms with van der Waals surface area (Å²) in [6.07, 6.45) is 6.19. The molecule has 144 valence electrons. The second-order valence-corrected chi connectivity index (χ2v) is 10.2. The summed E-state index contributed by atoms with van der Waals surface area (Å²) >= 11 is 3.68. The molecule has 8 heteroatoms. The third kappa shape index (κ3) is 2.06. The first-order valence-electron chi connectivity index (χ1n) is 8.82. The molecule has 2 aliphatic carbocycles. The lowest BCUT2D eigenvalue weighted by atomic mass is 9.57. The molecule has 1 spiro atoms. The van der Waals surface area contributed by atoms with Gasteiger partial charge < -0.3 is 14.2 Å². The minimum Gasteiger partial charge on any atom is -0.497 e. The Bertz CT molecular complexity index is 1030. The molecule has 0 amide bonds. The Morgan fingerprint density at radius 1 is 1.30 bits per heavy atom. The van der Waals surface area contributed by atoms with Gasteiger partial charge in [-0.15, -0.1) is 0 Å². The molecule has 1 saturated heterocycles. The number of hydrogen-bond donors (Lipinski definition) is 0. The van der Waals surface area contributed by atoms with E-state index in [1.165, 1.54) is 6.26 Å². The predicted octanol–water partition coefficient (Wildman–Crippen LogP) is 2.52. The van der Waals surface area contributed by atoms with Crippen molar-refractivity contribution in [3.63, 3.8) is 0 Å². The van der Waals surface area contributed by atoms with Crippen molar-refractivity contribution in [3.05, 3.63) is 45.2 Å². The van der Waals surface area contributed by atoms with Gasteiger partial charge in [-0.25, -0.2) is 8.42 Å². The molecule has 5 rings (SSSR count). The van der Waals surface area contributed by atoms with Crippen molar-refractivity contribution in [3.8, 4) is 11.5 Å². The molecule has 2 bridgehead atoms. The molecule has 3 unspecified atom stereocenters. The van der Waals surface area contributed by atoms with E-state index >= 15 is 0 Å². The van der Waals surface area contributed by atoms with E-state index in [1.807, 2.05) is 18.2 Å². The van der Waals surface area contributed by atoms with Gasteiger partial charge >= 0.3 is 0 Å². The fraction of sp³-hybridized carbons (Fsp3) is 0.474. The Kier molecular flexibility index (Phi) is 3.59. The third-order valence-electron chi connectivity index (χ3n) is 6.34. The molecule has 0 radical (unpaired) electrons. The summed E-state index contributed by atoms with van der Waals surface area (Å²) in [5.41, 5.74) is 2.90. The van der Waals surface area contributed by atoms with Gasteiger partial charge in [0.15, 0.2) is 17.6 Å². The summed E-state index contributed by atoms with van der Waals surface area (Å²) < 4.78 is 45.2. The minimum atomic E-state index is -3.32. The normalized spacial score (nSPS) is 30.8. The Morgan fingerprint density at radius 2 is 2.07 bits per heavy atom. The average Bonchev–Trinajstić information content (AvgIpc) is 2.95. The summed E-state index contributed by atoms with van der Waals surface area (Å²) in [5.74, 6) is 2.19. The fourth-order valence-corrected chi connectivity index (χ4v) is 6.97. The molecule has 2 heterocycles. The van der Waals surface area contributed by atoms with Crippen LogP contribution < -0.4 is 9.47 Å². The van der Waals surface area contributed by atoms with E-state index in [2.05, 4.69) is 15.9 Å². The van der Waals surface area contributed by atoms with E-state index in [-0.39, 0.29) is 12.1 Å². The van der Waals surface area contributed by atoms with Gasteiger partial charge in [-0.2, -0.15) is 4.31 Å². The quantitative estimate of drug-likeness (QED) is 0.703. The summed E-state index contributed by atoms with van der Waals surface area (Å²) in [5, 5.41) is 0. The van der Waals surface area contributed by atoms with Crippen molar-refractivity contribution in [2.24, 2.45) is 0 Å². The zero-order valence-corrected chi connectivity index (χ0v) is 17.7. The van der Waals surface area contributed by atoms with Crippen LogP contribution in [0.15, 0.2) is 34.0 Å². The van der Waals surface area contributed by atoms with Crippen LogP contribution in [0.5, 0.6) is 11.5 Å². The van der Waals surface area contributed by atoms with Crippen molar-refractivity contribution in [2.45, 2.75) is 30.4 Å². The molecule has 27 heavy (non-hydrogen) atoms. The Morgan fingerprint density at radius 3 is 2.74 bits per heavy atom. The van der Waals surface area contributed by atoms with Crippen LogP contribution in [0.3, 0.4) is 0 Å². The number of methoxy groups -OCH3 is 2. The lowest BCUT2D eigenvalue weighted by Gasteiger charge is -2.52. The molecule has 1 aromatic carbocycles. The SMILES string of the molecule is COC1=CC=C2C3Cc4c(Br)cc(OC)c5c4C2(CCN3S(C)(=O)=O)C1O5. The molecule has 1 fully saturated rings. The van der Waals surface area contributed by atoms with E-state index in [9.17, 15) is 8.42 Å². The van der Waals surface area contributed by atoms with E-state index in [4.69, 9.17) is 14.2 Å². The van der Waals surface area contributed by atoms with Crippen LogP contribution in [-0.2, 0) is 26.6 Å². The molecule has 0 aromatic heterocycles. The molecular formula is C19H20BrNO5S. The first-order valence-corrected chi connectivity index (χ1v) is 11.5. The third-order valence-corrected chi connectivity index (χ3v) is 8.34. The van der Waals surface area contributed by atoms with Crippen LogP contribution in [-0.4, -0.2) is 51.9 Å². The maximum Gasteiger partial charge on any atom is 0.211 e. The van der Waals surface area contributed by atoms with Crippen molar-refractivity contribution in [1.82, 2.24) is 4.31 Å². The van der Waals surface area contributed by atoms with Gasteiger partial charge in [-0.1, -0.05) is 22.0 Å². The van der Waals surface area contributed by atoms with Crippen molar-refractivity contribution < 1.29 is 22.6 Å². The Balaban J connectivity index is 1.84. The maximum atomic E-state index is 12.5. The highest BCUT2D eigenvalue weighted by Gasteiger charge is 2.63. The van der Waals surface area contributed by atoms with Gasteiger partial charge in [0.05, 0.1) is 31.9 Å². The van der Waals surface area contributed by atoms with Gasteiger partial charge in [-0.05, 0) is 36.1 Å². The van der Waals surface area contributed by atoms with E-state index < -0.39 is 15.4 Å². The predicted molar refractivity (Wildman–Crippen MR) is 104 cm³/mol. The Labute approximate surface area is 167 Å². The highest BCUT2D eigenvalue weighted by Crippen LogP contribution is 2.63.